The lowest BCUT2D eigenvalue weighted by atomic mass is 9.88. The highest BCUT2D eigenvalue weighted by Gasteiger charge is 2.32. The molecular weight excluding hydrogens is 592 g/mol. The fourth-order valence-electron chi connectivity index (χ4n) is 6.90. The third-order valence-corrected chi connectivity index (χ3v) is 9.80. The molecule has 0 spiro atoms. The van der Waals surface area contributed by atoms with Gasteiger partial charge in [-0.1, -0.05) is 30.3 Å². The molecule has 0 aromatic heterocycles. The molecule has 0 aliphatic carbocycles. The molecule has 10 heteroatoms. The smallest absolute Gasteiger partial charge is 0.249 e. The maximum Gasteiger partial charge on any atom is 0.249 e. The Morgan fingerprint density at radius 2 is 1.79 bits per heavy atom. The van der Waals surface area contributed by atoms with Gasteiger partial charge in [-0.3, -0.25) is 24.6 Å². The number of aryl methyl sites for hydroxylation is 1. The van der Waals surface area contributed by atoms with Gasteiger partial charge in [-0.05, 0) is 65.9 Å². The van der Waals surface area contributed by atoms with Gasteiger partial charge in [0.2, 0.25) is 18.2 Å². The summed E-state index contributed by atoms with van der Waals surface area (Å²) in [5.41, 5.74) is 7.66. The molecule has 1 atom stereocenters. The Bertz CT molecular complexity index is 1610. The topological polar surface area (TPSA) is 118 Å². The van der Waals surface area contributed by atoms with Crippen molar-refractivity contribution in [3.63, 3.8) is 0 Å². The molecule has 0 radical (unpaired) electrons. The molecule has 0 bridgehead atoms. The van der Waals surface area contributed by atoms with Crippen LogP contribution in [0.15, 0.2) is 60.7 Å². The van der Waals surface area contributed by atoms with Crippen molar-refractivity contribution in [2.75, 3.05) is 43.4 Å². The van der Waals surface area contributed by atoms with Crippen molar-refractivity contribution in [3.8, 4) is 5.75 Å². The minimum atomic E-state index is -0.617. The Hall–Kier alpha value is -4.70. The number of anilines is 2. The van der Waals surface area contributed by atoms with Crippen molar-refractivity contribution in [3.05, 3.63) is 88.5 Å². The molecule has 0 saturated carbocycles. The number of carbonyl (C=O) groups excluding carboxylic acids is 3. The second-order valence-electron chi connectivity index (χ2n) is 12.9. The van der Waals surface area contributed by atoms with Crippen LogP contribution >= 0.6 is 0 Å². The Balaban J connectivity index is 0.971. The predicted octanol–water partition coefficient (Wildman–Crippen LogP) is 4.45. The zero-order valence-corrected chi connectivity index (χ0v) is 27.2. The number of piperidine rings is 2. The first-order valence-corrected chi connectivity index (χ1v) is 16.5. The van der Waals surface area contributed by atoms with E-state index in [0.717, 1.165) is 80.1 Å². The number of carbonyl (C=O) groups is 3. The van der Waals surface area contributed by atoms with Gasteiger partial charge in [-0.25, -0.2) is 0 Å². The third kappa shape index (κ3) is 7.49. The van der Waals surface area contributed by atoms with Gasteiger partial charge in [0, 0.05) is 94.6 Å². The van der Waals surface area contributed by atoms with E-state index in [9.17, 15) is 14.4 Å². The summed E-state index contributed by atoms with van der Waals surface area (Å²) in [6.45, 7) is 7.12. The van der Waals surface area contributed by atoms with Crippen LogP contribution < -0.4 is 20.3 Å². The highest BCUT2D eigenvalue weighted by Crippen LogP contribution is 2.31. The van der Waals surface area contributed by atoms with E-state index in [4.69, 9.17) is 10.1 Å². The van der Waals surface area contributed by atoms with Gasteiger partial charge in [0.25, 0.3) is 0 Å². The molecule has 47 heavy (non-hydrogen) atoms. The first-order valence-electron chi connectivity index (χ1n) is 16.5. The van der Waals surface area contributed by atoms with E-state index in [1.807, 2.05) is 32.2 Å². The summed E-state index contributed by atoms with van der Waals surface area (Å²) in [6.07, 6.45) is 4.75. The Kier molecular flexibility index (Phi) is 9.87. The van der Waals surface area contributed by atoms with E-state index in [1.54, 1.807) is 0 Å². The van der Waals surface area contributed by atoms with Crippen LogP contribution in [0.5, 0.6) is 5.75 Å². The van der Waals surface area contributed by atoms with Crippen molar-refractivity contribution < 1.29 is 19.1 Å². The highest BCUT2D eigenvalue weighted by atomic mass is 16.5. The largest absolute Gasteiger partial charge is 0.490 e. The summed E-state index contributed by atoms with van der Waals surface area (Å²) in [5.74, 6) is 0.562. The highest BCUT2D eigenvalue weighted by molar-refractivity contribution is 6.00. The Morgan fingerprint density at radius 1 is 1.02 bits per heavy atom. The summed E-state index contributed by atoms with van der Waals surface area (Å²) in [5, 5.41) is 13.1. The van der Waals surface area contributed by atoms with E-state index in [1.165, 1.54) is 27.9 Å². The van der Waals surface area contributed by atoms with Gasteiger partial charge in [0.05, 0.1) is 0 Å². The SMILES string of the molecule is CNc1ccc(OC2CCN(c3ccc(CN4CC(c5ccc(C)c(CN(C=O)C6CCC(=O)NC6=O)c5)C4)cc3)CC2)cc1C=N. The first-order chi connectivity index (χ1) is 22.8. The monoisotopic (exact) mass is 636 g/mol. The molecule has 3 heterocycles. The fourth-order valence-corrected chi connectivity index (χ4v) is 6.90. The number of hydrogen-bond acceptors (Lipinski definition) is 8. The maximum atomic E-state index is 12.3. The zero-order valence-electron chi connectivity index (χ0n) is 27.2. The van der Waals surface area contributed by atoms with Crippen LogP contribution in [0.2, 0.25) is 0 Å². The maximum absolute atomic E-state index is 12.3. The van der Waals surface area contributed by atoms with E-state index >= 15 is 0 Å². The molecule has 10 nitrogen and oxygen atoms in total. The number of rotatable bonds is 12. The minimum absolute atomic E-state index is 0.169. The molecule has 3 aliphatic heterocycles. The number of amides is 3. The van der Waals surface area contributed by atoms with E-state index < -0.39 is 11.9 Å². The number of imide groups is 1. The molecule has 3 aliphatic rings. The van der Waals surface area contributed by atoms with Gasteiger partial charge in [-0.15, -0.1) is 0 Å². The lowest BCUT2D eigenvalue weighted by Crippen LogP contribution is -2.51. The summed E-state index contributed by atoms with van der Waals surface area (Å²) >= 11 is 0. The molecule has 3 aromatic carbocycles. The van der Waals surface area contributed by atoms with E-state index in [0.29, 0.717) is 18.9 Å². The average Bonchev–Trinajstić information content (AvgIpc) is 3.07. The first kappa shape index (κ1) is 32.2. The number of nitrogens with one attached hydrogen (secondary N) is 3. The molecule has 1 unspecified atom stereocenters. The van der Waals surface area contributed by atoms with Gasteiger partial charge >= 0.3 is 0 Å². The zero-order chi connectivity index (χ0) is 32.9. The van der Waals surface area contributed by atoms with Crippen LogP contribution in [-0.4, -0.2) is 79.6 Å². The fraction of sp³-hybridized carbons (Fsp3) is 0.405. The lowest BCUT2D eigenvalue weighted by molar-refractivity contribution is -0.141. The van der Waals surface area contributed by atoms with Crippen LogP contribution in [0.1, 0.15) is 59.4 Å². The number of hydrogen-bond donors (Lipinski definition) is 3. The van der Waals surface area contributed by atoms with Crippen molar-refractivity contribution in [2.45, 2.75) is 63.8 Å². The van der Waals surface area contributed by atoms with Crippen molar-refractivity contribution in [1.82, 2.24) is 15.1 Å². The molecule has 3 aromatic rings. The van der Waals surface area contributed by atoms with Gasteiger partial charge in [0.15, 0.2) is 0 Å². The molecule has 3 fully saturated rings. The minimum Gasteiger partial charge on any atom is -0.490 e. The Morgan fingerprint density at radius 3 is 2.47 bits per heavy atom. The number of ether oxygens (including phenoxy) is 1. The van der Waals surface area contributed by atoms with Gasteiger partial charge < -0.3 is 25.3 Å². The number of likely N-dealkylation sites (tertiary alicyclic amines) is 1. The Labute approximate surface area is 276 Å². The van der Waals surface area contributed by atoms with Crippen molar-refractivity contribution in [1.29, 1.82) is 5.41 Å². The normalized spacial score (nSPS) is 19.1. The van der Waals surface area contributed by atoms with Crippen LogP contribution in [0.4, 0.5) is 11.4 Å². The average molecular weight is 637 g/mol. The lowest BCUT2D eigenvalue weighted by Gasteiger charge is -2.40. The molecular formula is C37H44N6O4. The third-order valence-electron chi connectivity index (χ3n) is 9.80. The molecule has 3 saturated heterocycles. The summed E-state index contributed by atoms with van der Waals surface area (Å²) in [6, 6.07) is 20.6. The number of nitrogens with zero attached hydrogens (tertiary/aromatic N) is 3. The molecule has 6 rings (SSSR count). The second kappa shape index (κ2) is 14.4. The standard InChI is InChI=1S/C37H44N6O4/c1-25-3-6-27(17-29(25)23-43(24-44)35-11-12-36(45)40-37(35)46)30-21-41(22-30)20-26-4-7-31(8-5-26)42-15-13-32(14-16-42)47-33-9-10-34(39-2)28(18-33)19-38/h3-10,17-19,24,30,32,35,38-39H,11-16,20-23H2,1-2H3,(H,40,45,46). The summed E-state index contributed by atoms with van der Waals surface area (Å²) in [4.78, 5) is 42.2. The van der Waals surface area contributed by atoms with Crippen molar-refractivity contribution >= 4 is 35.8 Å². The summed E-state index contributed by atoms with van der Waals surface area (Å²) < 4.78 is 6.27. The van der Waals surface area contributed by atoms with Crippen molar-refractivity contribution in [2.24, 2.45) is 0 Å². The van der Waals surface area contributed by atoms with E-state index in [2.05, 4.69) is 62.9 Å². The van der Waals surface area contributed by atoms with Crippen LogP contribution in [0.3, 0.4) is 0 Å². The van der Waals surface area contributed by atoms with Gasteiger partial charge in [-0.2, -0.15) is 0 Å². The predicted molar refractivity (Wildman–Crippen MR) is 183 cm³/mol. The summed E-state index contributed by atoms with van der Waals surface area (Å²) in [7, 11) is 1.86. The van der Waals surface area contributed by atoms with E-state index in [-0.39, 0.29) is 18.4 Å². The second-order valence-corrected chi connectivity index (χ2v) is 12.9. The van der Waals surface area contributed by atoms with Crippen LogP contribution in [0.25, 0.3) is 0 Å². The quantitative estimate of drug-likeness (QED) is 0.153. The molecule has 3 N–H and O–H groups in total. The number of benzene rings is 3. The van der Waals surface area contributed by atoms with Crippen LogP contribution in [0, 0.1) is 12.3 Å². The van der Waals surface area contributed by atoms with Crippen LogP contribution in [-0.2, 0) is 27.5 Å². The molecule has 3 amide bonds. The van der Waals surface area contributed by atoms with Gasteiger partial charge in [0.1, 0.15) is 17.9 Å². The molecule has 246 valence electrons.